The molecule has 0 fully saturated rings. The summed E-state index contributed by atoms with van der Waals surface area (Å²) in [7, 11) is 0. The van der Waals surface area contributed by atoms with E-state index in [2.05, 4.69) is 20.9 Å². The molecule has 1 atom stereocenters. The SMILES string of the molecule is O=C([C@@H](C/C=C/c1ccc(Br)cc1)C(F)(F)F)N1CCc2cccnc21. The van der Waals surface area contributed by atoms with E-state index in [1.54, 1.807) is 42.5 Å². The minimum Gasteiger partial charge on any atom is -0.296 e. The zero-order valence-corrected chi connectivity index (χ0v) is 15.3. The van der Waals surface area contributed by atoms with Gasteiger partial charge in [0.15, 0.2) is 0 Å². The highest BCUT2D eigenvalue weighted by molar-refractivity contribution is 9.10. The highest BCUT2D eigenvalue weighted by atomic mass is 79.9. The number of alkyl halides is 3. The van der Waals surface area contributed by atoms with E-state index >= 15 is 0 Å². The second kappa shape index (κ2) is 7.61. The summed E-state index contributed by atoms with van der Waals surface area (Å²) >= 11 is 3.30. The van der Waals surface area contributed by atoms with Crippen molar-refractivity contribution in [2.75, 3.05) is 11.4 Å². The molecular formula is C19H16BrF3N2O. The molecule has 0 bridgehead atoms. The number of nitrogens with zero attached hydrogens (tertiary/aromatic N) is 2. The van der Waals surface area contributed by atoms with E-state index in [1.807, 2.05) is 0 Å². The Balaban J connectivity index is 1.76. The van der Waals surface area contributed by atoms with Gasteiger partial charge < -0.3 is 0 Å². The van der Waals surface area contributed by atoms with Gasteiger partial charge in [-0.25, -0.2) is 4.98 Å². The summed E-state index contributed by atoms with van der Waals surface area (Å²) < 4.78 is 41.3. The number of fused-ring (bicyclic) bond motifs is 1. The van der Waals surface area contributed by atoms with Gasteiger partial charge in [0, 0.05) is 17.2 Å². The number of carbonyl (C=O) groups is 1. The molecule has 2 heterocycles. The monoisotopic (exact) mass is 424 g/mol. The van der Waals surface area contributed by atoms with Crippen LogP contribution in [0.25, 0.3) is 6.08 Å². The fourth-order valence-corrected chi connectivity index (χ4v) is 3.16. The van der Waals surface area contributed by atoms with Crippen molar-refractivity contribution in [1.29, 1.82) is 0 Å². The number of allylic oxidation sites excluding steroid dienone is 1. The van der Waals surface area contributed by atoms with Gasteiger partial charge >= 0.3 is 6.18 Å². The maximum atomic E-state index is 13.5. The first-order chi connectivity index (χ1) is 12.4. The molecule has 7 heteroatoms. The number of rotatable bonds is 4. The standard InChI is InChI=1S/C19H16BrF3N2O/c20-15-8-6-13(7-9-15)3-1-5-16(19(21,22)23)18(26)25-12-10-14-4-2-11-24-17(14)25/h1-4,6-9,11,16H,5,10,12H2/b3-1+/t16-/m1/s1. The van der Waals surface area contributed by atoms with E-state index in [0.717, 1.165) is 20.5 Å². The number of anilines is 1. The number of amides is 1. The van der Waals surface area contributed by atoms with Gasteiger partial charge in [-0.05, 0) is 42.2 Å². The Bertz CT molecular complexity index is 818. The number of benzene rings is 1. The van der Waals surface area contributed by atoms with Crippen molar-refractivity contribution in [2.45, 2.75) is 19.0 Å². The maximum Gasteiger partial charge on any atom is 0.400 e. The van der Waals surface area contributed by atoms with Gasteiger partial charge in [0.25, 0.3) is 0 Å². The lowest BCUT2D eigenvalue weighted by Gasteiger charge is -2.24. The van der Waals surface area contributed by atoms with E-state index in [4.69, 9.17) is 0 Å². The maximum absolute atomic E-state index is 13.5. The van der Waals surface area contributed by atoms with E-state index in [0.29, 0.717) is 12.2 Å². The second-order valence-electron chi connectivity index (χ2n) is 6.01. The van der Waals surface area contributed by atoms with Crippen LogP contribution in [0.4, 0.5) is 19.0 Å². The van der Waals surface area contributed by atoms with Crippen molar-refractivity contribution < 1.29 is 18.0 Å². The lowest BCUT2D eigenvalue weighted by Crippen LogP contribution is -2.42. The van der Waals surface area contributed by atoms with Crippen LogP contribution in [-0.4, -0.2) is 23.6 Å². The fraction of sp³-hybridized carbons (Fsp3) is 0.263. The number of aromatic nitrogens is 1. The van der Waals surface area contributed by atoms with Crippen LogP contribution in [0.3, 0.4) is 0 Å². The van der Waals surface area contributed by atoms with E-state index in [9.17, 15) is 18.0 Å². The van der Waals surface area contributed by atoms with Crippen LogP contribution in [-0.2, 0) is 11.2 Å². The molecule has 1 aromatic heterocycles. The van der Waals surface area contributed by atoms with Crippen molar-refractivity contribution in [3.63, 3.8) is 0 Å². The summed E-state index contributed by atoms with van der Waals surface area (Å²) in [6.45, 7) is 0.230. The van der Waals surface area contributed by atoms with Gasteiger partial charge in [-0.15, -0.1) is 0 Å². The number of pyridine rings is 1. The van der Waals surface area contributed by atoms with Gasteiger partial charge in [-0.3, -0.25) is 9.69 Å². The summed E-state index contributed by atoms with van der Waals surface area (Å²) in [6, 6.07) is 10.7. The van der Waals surface area contributed by atoms with Crippen molar-refractivity contribution >= 4 is 33.7 Å². The minimum atomic E-state index is -4.61. The first-order valence-corrected chi connectivity index (χ1v) is 8.89. The Morgan fingerprint density at radius 3 is 2.69 bits per heavy atom. The third-order valence-electron chi connectivity index (χ3n) is 4.24. The molecule has 0 unspecified atom stereocenters. The normalized spacial score (nSPS) is 15.3. The summed E-state index contributed by atoms with van der Waals surface area (Å²) in [6.07, 6.45) is -0.0201. The Morgan fingerprint density at radius 2 is 2.00 bits per heavy atom. The summed E-state index contributed by atoms with van der Waals surface area (Å²) in [5.74, 6) is -2.69. The predicted molar refractivity (Wildman–Crippen MR) is 97.6 cm³/mol. The zero-order chi connectivity index (χ0) is 18.7. The summed E-state index contributed by atoms with van der Waals surface area (Å²) in [5.41, 5.74) is 1.57. The average Bonchev–Trinajstić information content (AvgIpc) is 3.03. The molecule has 1 aromatic carbocycles. The van der Waals surface area contributed by atoms with E-state index in [-0.39, 0.29) is 6.54 Å². The Kier molecular flexibility index (Phi) is 5.46. The molecule has 136 valence electrons. The lowest BCUT2D eigenvalue weighted by molar-refractivity contribution is -0.180. The van der Waals surface area contributed by atoms with Crippen LogP contribution in [0.1, 0.15) is 17.5 Å². The highest BCUT2D eigenvalue weighted by Crippen LogP contribution is 2.34. The third-order valence-corrected chi connectivity index (χ3v) is 4.77. The minimum absolute atomic E-state index is 0.230. The van der Waals surface area contributed by atoms with Crippen molar-refractivity contribution in [2.24, 2.45) is 5.92 Å². The van der Waals surface area contributed by atoms with Gasteiger partial charge in [-0.1, -0.05) is 46.3 Å². The molecule has 3 nitrogen and oxygen atoms in total. The van der Waals surface area contributed by atoms with Gasteiger partial charge in [0.1, 0.15) is 11.7 Å². The van der Waals surface area contributed by atoms with Crippen molar-refractivity contribution in [1.82, 2.24) is 4.98 Å². The lowest BCUT2D eigenvalue weighted by atomic mass is 10.0. The van der Waals surface area contributed by atoms with Crippen molar-refractivity contribution in [3.8, 4) is 0 Å². The molecule has 26 heavy (non-hydrogen) atoms. The number of halogens is 4. The van der Waals surface area contributed by atoms with Crippen LogP contribution in [0, 0.1) is 5.92 Å². The predicted octanol–water partition coefficient (Wildman–Crippen LogP) is 5.02. The molecular weight excluding hydrogens is 409 g/mol. The average molecular weight is 425 g/mol. The van der Waals surface area contributed by atoms with Crippen LogP contribution >= 0.6 is 15.9 Å². The molecule has 1 aliphatic heterocycles. The third kappa shape index (κ3) is 4.15. The van der Waals surface area contributed by atoms with Crippen LogP contribution < -0.4 is 4.90 Å². The van der Waals surface area contributed by atoms with E-state index < -0.39 is 24.4 Å². The smallest absolute Gasteiger partial charge is 0.296 e. The molecule has 0 aliphatic carbocycles. The largest absolute Gasteiger partial charge is 0.400 e. The number of carbonyl (C=O) groups excluding carboxylic acids is 1. The first-order valence-electron chi connectivity index (χ1n) is 8.10. The van der Waals surface area contributed by atoms with Crippen LogP contribution in [0.2, 0.25) is 0 Å². The van der Waals surface area contributed by atoms with E-state index in [1.165, 1.54) is 12.3 Å². The molecule has 0 saturated carbocycles. The molecule has 0 N–H and O–H groups in total. The Labute approximate surface area is 157 Å². The molecule has 0 radical (unpaired) electrons. The van der Waals surface area contributed by atoms with Crippen LogP contribution in [0.5, 0.6) is 0 Å². The zero-order valence-electron chi connectivity index (χ0n) is 13.7. The second-order valence-corrected chi connectivity index (χ2v) is 6.93. The highest BCUT2D eigenvalue weighted by Gasteiger charge is 2.47. The first kappa shape index (κ1) is 18.6. The van der Waals surface area contributed by atoms with Crippen molar-refractivity contribution in [3.05, 3.63) is 64.3 Å². The number of hydrogen-bond acceptors (Lipinski definition) is 2. The summed E-state index contributed by atoms with van der Waals surface area (Å²) in [5, 5.41) is 0. The summed E-state index contributed by atoms with van der Waals surface area (Å²) in [4.78, 5) is 17.8. The fourth-order valence-electron chi connectivity index (χ4n) is 2.90. The topological polar surface area (TPSA) is 33.2 Å². The molecule has 3 rings (SSSR count). The Morgan fingerprint density at radius 1 is 1.27 bits per heavy atom. The molecule has 0 spiro atoms. The molecule has 0 saturated heterocycles. The Hall–Kier alpha value is -2.15. The van der Waals surface area contributed by atoms with Gasteiger partial charge in [0.2, 0.25) is 5.91 Å². The van der Waals surface area contributed by atoms with Crippen LogP contribution in [0.15, 0.2) is 53.1 Å². The number of hydrogen-bond donors (Lipinski definition) is 0. The molecule has 1 aliphatic rings. The van der Waals surface area contributed by atoms with Gasteiger partial charge in [0.05, 0.1) is 0 Å². The quantitative estimate of drug-likeness (QED) is 0.690. The molecule has 1 amide bonds. The van der Waals surface area contributed by atoms with Gasteiger partial charge in [-0.2, -0.15) is 13.2 Å². The molecule has 2 aromatic rings.